The number of rotatable bonds is 31. The van der Waals surface area contributed by atoms with Gasteiger partial charge in [0.25, 0.3) is 0 Å². The number of esters is 4. The molecule has 10 nitrogen and oxygen atoms in total. The summed E-state index contributed by atoms with van der Waals surface area (Å²) in [5, 5.41) is 0. The highest BCUT2D eigenvalue weighted by atomic mass is 16.5. The van der Waals surface area contributed by atoms with Crippen molar-refractivity contribution in [1.82, 2.24) is 0 Å². The maximum absolute atomic E-state index is 12.9. The first kappa shape index (κ1) is 65.6. The quantitative estimate of drug-likeness (QED) is 0.0308. The van der Waals surface area contributed by atoms with Crippen molar-refractivity contribution in [3.05, 3.63) is 336 Å². The number of hydrogen-bond donors (Lipinski definition) is 0. The van der Waals surface area contributed by atoms with E-state index in [0.717, 1.165) is 112 Å². The molecule has 0 aliphatic carbocycles. The van der Waals surface area contributed by atoms with Crippen LogP contribution >= 0.6 is 0 Å². The first-order chi connectivity index (χ1) is 46.0. The fourth-order valence-electron chi connectivity index (χ4n) is 10.7. The van der Waals surface area contributed by atoms with Crippen molar-refractivity contribution < 1.29 is 38.1 Å². The van der Waals surface area contributed by atoms with Crippen molar-refractivity contribution in [1.29, 1.82) is 0 Å². The van der Waals surface area contributed by atoms with Crippen LogP contribution in [0.15, 0.2) is 269 Å². The van der Waals surface area contributed by atoms with Crippen molar-refractivity contribution >= 4 is 82.3 Å². The predicted molar refractivity (Wildman–Crippen MR) is 380 cm³/mol. The molecule has 0 amide bonds. The van der Waals surface area contributed by atoms with Crippen LogP contribution in [0.1, 0.15) is 92.4 Å². The minimum atomic E-state index is -0.262. The molecule has 10 heteroatoms. The summed E-state index contributed by atoms with van der Waals surface area (Å²) >= 11 is 0. The van der Waals surface area contributed by atoms with E-state index in [9.17, 15) is 19.2 Å². The van der Waals surface area contributed by atoms with Gasteiger partial charge in [-0.15, -0.1) is 0 Å². The molecule has 10 rings (SSSR count). The fraction of sp³-hybridized carbons (Fsp3) is 0.143. The zero-order chi connectivity index (χ0) is 65.4. The second-order valence-electron chi connectivity index (χ2n) is 22.9. The molecule has 0 N–H and O–H groups in total. The van der Waals surface area contributed by atoms with Gasteiger partial charge in [0.05, 0.1) is 0 Å². The number of anilines is 6. The molecule has 0 aliphatic rings. The van der Waals surface area contributed by atoms with Crippen molar-refractivity contribution in [2.24, 2.45) is 0 Å². The van der Waals surface area contributed by atoms with Gasteiger partial charge in [0, 0.05) is 59.8 Å². The number of ether oxygens (including phenoxy) is 4. The summed E-state index contributed by atoms with van der Waals surface area (Å²) < 4.78 is 22.4. The Labute approximate surface area is 552 Å². The molecule has 0 saturated carbocycles. The summed E-state index contributed by atoms with van der Waals surface area (Å²) in [7, 11) is 0. The summed E-state index contributed by atoms with van der Waals surface area (Å²) in [5.74, 6) is -1.05. The van der Waals surface area contributed by atoms with Gasteiger partial charge < -0.3 is 28.7 Å². The maximum Gasteiger partial charge on any atom is 0.306 e. The van der Waals surface area contributed by atoms with Crippen molar-refractivity contribution in [2.75, 3.05) is 9.80 Å². The van der Waals surface area contributed by atoms with E-state index < -0.39 is 0 Å². The third-order valence-electron chi connectivity index (χ3n) is 16.3. The van der Waals surface area contributed by atoms with Gasteiger partial charge in [0.15, 0.2) is 0 Å². The van der Waals surface area contributed by atoms with E-state index in [1.54, 1.807) is 24.3 Å². The van der Waals surface area contributed by atoms with E-state index in [-0.39, 0.29) is 76.0 Å². The molecule has 0 aromatic heterocycles. The molecule has 10 aromatic rings. The molecule has 0 saturated heterocycles. The molecule has 0 atom stereocenters. The summed E-state index contributed by atoms with van der Waals surface area (Å²) in [4.78, 5) is 55.9. The Kier molecular flexibility index (Phi) is 23.1. The Balaban J connectivity index is 0.840. The Hall–Kier alpha value is -11.4. The van der Waals surface area contributed by atoms with Gasteiger partial charge in [-0.2, -0.15) is 0 Å². The van der Waals surface area contributed by atoms with Crippen LogP contribution in [0.25, 0.3) is 35.4 Å². The second-order valence-corrected chi connectivity index (χ2v) is 22.9. The lowest BCUT2D eigenvalue weighted by molar-refractivity contribution is -0.145. The highest BCUT2D eigenvalue weighted by molar-refractivity contribution is 5.82. The molecule has 0 spiro atoms. The van der Waals surface area contributed by atoms with Crippen molar-refractivity contribution in [3.8, 4) is 11.1 Å². The summed E-state index contributed by atoms with van der Waals surface area (Å²) in [6, 6.07) is 81.1. The van der Waals surface area contributed by atoms with E-state index in [1.807, 2.05) is 97.1 Å². The zero-order valence-electron chi connectivity index (χ0n) is 52.9. The summed E-state index contributed by atoms with van der Waals surface area (Å²) in [5.41, 5.74) is 19.4. The molecule has 0 aliphatic heterocycles. The van der Waals surface area contributed by atoms with Gasteiger partial charge in [-0.3, -0.25) is 19.2 Å². The molecular formula is C84H76N2O8. The lowest BCUT2D eigenvalue weighted by Gasteiger charge is -2.27. The molecule has 0 radical (unpaired) electrons. The Morgan fingerprint density at radius 2 is 0.415 bits per heavy atom. The Morgan fingerprint density at radius 3 is 0.596 bits per heavy atom. The van der Waals surface area contributed by atoms with Gasteiger partial charge >= 0.3 is 23.9 Å². The summed E-state index contributed by atoms with van der Waals surface area (Å²) in [6.07, 6.45) is 10.2. The van der Waals surface area contributed by atoms with E-state index in [4.69, 9.17) is 18.9 Å². The largest absolute Gasteiger partial charge is 0.461 e. The Morgan fingerprint density at radius 1 is 0.245 bits per heavy atom. The van der Waals surface area contributed by atoms with Crippen molar-refractivity contribution in [3.63, 3.8) is 0 Å². The first-order valence-electron chi connectivity index (χ1n) is 31.6. The fourth-order valence-corrected chi connectivity index (χ4v) is 10.7. The average molecular weight is 1240 g/mol. The van der Waals surface area contributed by atoms with E-state index >= 15 is 0 Å². The van der Waals surface area contributed by atoms with Crippen LogP contribution in [-0.2, 0) is 90.2 Å². The van der Waals surface area contributed by atoms with Crippen LogP contribution in [-0.4, -0.2) is 23.9 Å². The number of carbonyl (C=O) groups is 4. The third kappa shape index (κ3) is 18.9. The topological polar surface area (TPSA) is 112 Å². The molecule has 94 heavy (non-hydrogen) atoms. The highest BCUT2D eigenvalue weighted by Crippen LogP contribution is 2.39. The van der Waals surface area contributed by atoms with E-state index in [2.05, 4.69) is 182 Å². The molecule has 470 valence electrons. The normalized spacial score (nSPS) is 10.8. The predicted octanol–water partition coefficient (Wildman–Crippen LogP) is 19.6. The van der Waals surface area contributed by atoms with Gasteiger partial charge in [-0.1, -0.05) is 220 Å². The minimum absolute atomic E-state index is 0.212. The molecule has 0 heterocycles. The average Bonchev–Trinajstić information content (AvgIpc) is 0.828. The number of nitrogens with zero attached hydrogens (tertiary/aromatic N) is 2. The van der Waals surface area contributed by atoms with E-state index in [1.165, 1.54) is 0 Å². The number of aryl methyl sites for hydroxylation is 4. The monoisotopic (exact) mass is 1240 g/mol. The smallest absolute Gasteiger partial charge is 0.306 e. The van der Waals surface area contributed by atoms with Gasteiger partial charge in [0.2, 0.25) is 0 Å². The van der Waals surface area contributed by atoms with E-state index in [0.29, 0.717) is 25.7 Å². The van der Waals surface area contributed by atoms with Crippen LogP contribution in [0.4, 0.5) is 34.1 Å². The van der Waals surface area contributed by atoms with Crippen LogP contribution in [0.3, 0.4) is 0 Å². The minimum Gasteiger partial charge on any atom is -0.461 e. The molecule has 0 unspecified atom stereocenters. The van der Waals surface area contributed by atoms with Crippen LogP contribution in [0, 0.1) is 0 Å². The molecule has 0 fully saturated rings. The van der Waals surface area contributed by atoms with Crippen LogP contribution in [0.2, 0.25) is 0 Å². The number of carbonyl (C=O) groups excluding carboxylic acids is 4. The van der Waals surface area contributed by atoms with Crippen LogP contribution in [0.5, 0.6) is 0 Å². The first-order valence-corrected chi connectivity index (χ1v) is 31.6. The highest BCUT2D eigenvalue weighted by Gasteiger charge is 2.18. The van der Waals surface area contributed by atoms with Gasteiger partial charge in [-0.05, 0) is 176 Å². The number of hydrogen-bond acceptors (Lipinski definition) is 10. The second kappa shape index (κ2) is 33.1. The SMILES string of the molecule is C=Cc1ccc(COC(=O)CCc2ccc(N(c3ccc(CCC(=O)OCc4ccc(C=C)cc4)cc3)c3ccc(-c4ccc(N(c5ccc(CCC(=O)OCc6ccc(C=C)cc6)cc5)c5ccc(CCC(=O)OCc6ccc(C=C)cc6)cc5)cc4)cc3)cc2)cc1. The molecule has 0 bridgehead atoms. The van der Waals surface area contributed by atoms with Gasteiger partial charge in [-0.25, -0.2) is 0 Å². The standard InChI is InChI=1S/C84H76N2O8/c1-5-61-9-17-69(18-10-61)57-91-81(87)53-33-65-25-41-75(42-26-65)85(76-43-27-66(28-44-76)34-54-82(88)92-58-70-19-11-62(6-2)12-20-70)79-49-37-73(38-50-79)74-39-51-80(52-40-74)86(77-45-29-67(30-46-77)35-55-83(89)93-59-71-21-13-63(7-3)14-22-71)78-47-31-68(32-48-78)36-56-84(90)94-60-72-23-15-64(8-4)16-24-72/h5-32,37-52H,1-4,33-36,53-60H2. The van der Waals surface area contributed by atoms with Crippen LogP contribution < -0.4 is 9.80 Å². The van der Waals surface area contributed by atoms with Gasteiger partial charge in [0.1, 0.15) is 26.4 Å². The summed E-state index contributed by atoms with van der Waals surface area (Å²) in [6.45, 7) is 16.1. The number of benzene rings is 10. The van der Waals surface area contributed by atoms with Crippen molar-refractivity contribution in [2.45, 2.75) is 77.8 Å². The molecular weight excluding hydrogens is 1160 g/mol. The maximum atomic E-state index is 12.9. The third-order valence-corrected chi connectivity index (χ3v) is 16.3. The molecule has 10 aromatic carbocycles. The lowest BCUT2D eigenvalue weighted by atomic mass is 10.0. The zero-order valence-corrected chi connectivity index (χ0v) is 52.9. The lowest BCUT2D eigenvalue weighted by Crippen LogP contribution is -2.11. The Bertz CT molecular complexity index is 3660.